The number of para-hydroxylation sites is 1. The van der Waals surface area contributed by atoms with Gasteiger partial charge in [-0.2, -0.15) is 5.26 Å². The van der Waals surface area contributed by atoms with Crippen molar-refractivity contribution in [2.24, 2.45) is 0 Å². The molecule has 4 rings (SSSR count). The van der Waals surface area contributed by atoms with Crippen LogP contribution in [0.1, 0.15) is 23.9 Å². The van der Waals surface area contributed by atoms with Gasteiger partial charge >= 0.3 is 0 Å². The molecular formula is C24H24N6O5S. The Kier molecular flexibility index (Phi) is 6.93. The van der Waals surface area contributed by atoms with Crippen LogP contribution in [0.5, 0.6) is 11.5 Å². The van der Waals surface area contributed by atoms with Gasteiger partial charge in [-0.3, -0.25) is 14.3 Å². The minimum atomic E-state index is -3.95. The molecule has 36 heavy (non-hydrogen) atoms. The molecule has 0 amide bonds. The molecule has 12 heteroatoms. The summed E-state index contributed by atoms with van der Waals surface area (Å²) >= 11 is 0. The zero-order valence-corrected chi connectivity index (χ0v) is 20.9. The second-order valence-electron chi connectivity index (χ2n) is 7.92. The molecule has 0 saturated heterocycles. The van der Waals surface area contributed by atoms with Gasteiger partial charge < -0.3 is 13.9 Å². The molecule has 0 saturated carbocycles. The highest BCUT2D eigenvalue weighted by Gasteiger charge is 2.29. The maximum Gasteiger partial charge on any atom is 0.243 e. The second kappa shape index (κ2) is 10.1. The van der Waals surface area contributed by atoms with Crippen LogP contribution in [0.2, 0.25) is 0 Å². The number of sulfonamides is 1. The molecule has 0 aliphatic heterocycles. The molecule has 0 unspecified atom stereocenters. The van der Waals surface area contributed by atoms with Crippen molar-refractivity contribution in [3.63, 3.8) is 0 Å². The first-order valence-electron chi connectivity index (χ1n) is 10.9. The number of aromatic nitrogens is 4. The van der Waals surface area contributed by atoms with Crippen LogP contribution in [0.3, 0.4) is 0 Å². The fraction of sp³-hybridized carbons (Fsp3) is 0.250. The van der Waals surface area contributed by atoms with Gasteiger partial charge in [0.1, 0.15) is 29.0 Å². The fourth-order valence-corrected chi connectivity index (χ4v) is 4.55. The van der Waals surface area contributed by atoms with Crippen molar-refractivity contribution >= 4 is 16.0 Å². The van der Waals surface area contributed by atoms with E-state index in [1.807, 2.05) is 6.07 Å². The number of hydrogen-bond acceptors (Lipinski definition) is 9. The van der Waals surface area contributed by atoms with Crippen LogP contribution in [0, 0.1) is 18.3 Å². The number of nitrogens with one attached hydrogen (secondary N) is 1. The number of nitrogens with zero attached hydrogens (tertiary/aromatic N) is 5. The summed E-state index contributed by atoms with van der Waals surface area (Å²) in [6, 6.07) is 13.9. The third-order valence-corrected chi connectivity index (χ3v) is 7.16. The number of nitriles is 1. The Morgan fingerprint density at radius 3 is 2.39 bits per heavy atom. The summed E-state index contributed by atoms with van der Waals surface area (Å²) < 4.78 is 47.5. The Morgan fingerprint density at radius 1 is 1.11 bits per heavy atom. The van der Waals surface area contributed by atoms with Gasteiger partial charge in [-0.05, 0) is 50.2 Å². The van der Waals surface area contributed by atoms with Gasteiger partial charge in [-0.15, -0.1) is 10.2 Å². The summed E-state index contributed by atoms with van der Waals surface area (Å²) in [6.07, 6.45) is 1.53. The fourth-order valence-electron chi connectivity index (χ4n) is 3.57. The Balaban J connectivity index is 1.77. The van der Waals surface area contributed by atoms with Crippen molar-refractivity contribution in [2.75, 3.05) is 18.9 Å². The average Bonchev–Trinajstić information content (AvgIpc) is 3.49. The summed E-state index contributed by atoms with van der Waals surface area (Å²) in [4.78, 5) is 4.17. The largest absolute Gasteiger partial charge is 0.494 e. The third-order valence-electron chi connectivity index (χ3n) is 5.46. The van der Waals surface area contributed by atoms with Crippen LogP contribution in [-0.4, -0.2) is 47.6 Å². The lowest BCUT2D eigenvalue weighted by Crippen LogP contribution is -2.29. The molecule has 0 radical (unpaired) electrons. The lowest BCUT2D eigenvalue weighted by Gasteiger charge is -2.18. The molecule has 1 aromatic carbocycles. The summed E-state index contributed by atoms with van der Waals surface area (Å²) in [6.45, 7) is 3.35. The first-order chi connectivity index (χ1) is 17.3. The van der Waals surface area contributed by atoms with Gasteiger partial charge in [0.15, 0.2) is 5.76 Å². The molecule has 4 aromatic rings. The number of hydrogen-bond donors (Lipinski definition) is 1. The number of rotatable bonds is 9. The summed E-state index contributed by atoms with van der Waals surface area (Å²) in [7, 11) is -0.959. The minimum absolute atomic E-state index is 0.0681. The molecule has 0 aliphatic rings. The van der Waals surface area contributed by atoms with E-state index in [2.05, 4.69) is 19.9 Å². The predicted molar refractivity (Wildman–Crippen MR) is 132 cm³/mol. The van der Waals surface area contributed by atoms with E-state index in [0.29, 0.717) is 40.0 Å². The van der Waals surface area contributed by atoms with Gasteiger partial charge in [0.05, 0.1) is 25.0 Å². The molecule has 1 N–H and O–H groups in total. The van der Waals surface area contributed by atoms with Gasteiger partial charge in [-0.25, -0.2) is 8.42 Å². The standard InChI is InChI=1S/C24H24N6O5S/c1-15-8-11-21(35-15)23-27-28-24(30(23)22-19(33-3)6-5-7-20(22)34-4)29-36(31,32)16(2)12-18-10-9-17(13-25)14-26-18/h5-11,14,16H,12H2,1-4H3,(H,28,29)/t16-/m1/s1. The molecular weight excluding hydrogens is 484 g/mol. The number of ether oxygens (including phenoxy) is 2. The lowest BCUT2D eigenvalue weighted by molar-refractivity contribution is 0.391. The summed E-state index contributed by atoms with van der Waals surface area (Å²) in [5, 5.41) is 16.4. The summed E-state index contributed by atoms with van der Waals surface area (Å²) in [5.41, 5.74) is 1.33. The quantitative estimate of drug-likeness (QED) is 0.359. The van der Waals surface area contributed by atoms with Crippen LogP contribution < -0.4 is 14.2 Å². The normalized spacial score (nSPS) is 12.1. The second-order valence-corrected chi connectivity index (χ2v) is 10.0. The zero-order valence-electron chi connectivity index (χ0n) is 20.1. The maximum atomic E-state index is 13.3. The van der Waals surface area contributed by atoms with Crippen LogP contribution in [0.4, 0.5) is 5.95 Å². The Labute approximate surface area is 208 Å². The van der Waals surface area contributed by atoms with E-state index in [9.17, 15) is 8.42 Å². The van der Waals surface area contributed by atoms with Crippen molar-refractivity contribution in [1.29, 1.82) is 5.26 Å². The smallest absolute Gasteiger partial charge is 0.243 e. The number of pyridine rings is 1. The molecule has 0 spiro atoms. The van der Waals surface area contributed by atoms with E-state index >= 15 is 0 Å². The van der Waals surface area contributed by atoms with Gasteiger partial charge in [0, 0.05) is 18.3 Å². The topological polar surface area (TPSA) is 145 Å². The Hall–Kier alpha value is -4.37. The van der Waals surface area contributed by atoms with Crippen LogP contribution in [0.25, 0.3) is 17.3 Å². The molecule has 0 fully saturated rings. The molecule has 1 atom stereocenters. The van der Waals surface area contributed by atoms with E-state index in [0.717, 1.165) is 0 Å². The molecule has 186 valence electrons. The van der Waals surface area contributed by atoms with Crippen LogP contribution >= 0.6 is 0 Å². The average molecular weight is 509 g/mol. The SMILES string of the molecule is COc1cccc(OC)c1-n1c(NS(=O)(=O)[C@H](C)Cc2ccc(C#N)cn2)nnc1-c1ccc(C)o1. The number of methoxy groups -OCH3 is 2. The van der Waals surface area contributed by atoms with Crippen molar-refractivity contribution in [1.82, 2.24) is 19.7 Å². The lowest BCUT2D eigenvalue weighted by atomic mass is 10.2. The van der Waals surface area contributed by atoms with E-state index in [1.165, 1.54) is 25.0 Å². The van der Waals surface area contributed by atoms with Gasteiger partial charge in [0.25, 0.3) is 0 Å². The third kappa shape index (κ3) is 4.87. The highest BCUT2D eigenvalue weighted by atomic mass is 32.2. The Morgan fingerprint density at radius 2 is 1.83 bits per heavy atom. The molecule has 3 aromatic heterocycles. The van der Waals surface area contributed by atoms with E-state index in [1.54, 1.807) is 56.3 Å². The highest BCUT2D eigenvalue weighted by Crippen LogP contribution is 2.38. The Bertz CT molecular complexity index is 1500. The van der Waals surface area contributed by atoms with Crippen molar-refractivity contribution in [2.45, 2.75) is 25.5 Å². The van der Waals surface area contributed by atoms with Crippen molar-refractivity contribution < 1.29 is 22.3 Å². The van der Waals surface area contributed by atoms with Crippen molar-refractivity contribution in [3.8, 4) is 34.8 Å². The van der Waals surface area contributed by atoms with Crippen LogP contribution in [0.15, 0.2) is 53.1 Å². The van der Waals surface area contributed by atoms with Gasteiger partial charge in [0.2, 0.25) is 21.8 Å². The summed E-state index contributed by atoms with van der Waals surface area (Å²) in [5.74, 6) is 2.04. The van der Waals surface area contributed by atoms with E-state index in [4.69, 9.17) is 19.2 Å². The van der Waals surface area contributed by atoms with Crippen molar-refractivity contribution in [3.05, 3.63) is 65.7 Å². The number of aryl methyl sites for hydroxylation is 1. The zero-order chi connectivity index (χ0) is 25.9. The van der Waals surface area contributed by atoms with E-state index in [-0.39, 0.29) is 18.2 Å². The highest BCUT2D eigenvalue weighted by molar-refractivity contribution is 7.93. The molecule has 0 bridgehead atoms. The first-order valence-corrected chi connectivity index (χ1v) is 12.4. The first kappa shape index (κ1) is 24.7. The van der Waals surface area contributed by atoms with Gasteiger partial charge in [-0.1, -0.05) is 6.07 Å². The van der Waals surface area contributed by atoms with E-state index < -0.39 is 15.3 Å². The maximum absolute atomic E-state index is 13.3. The molecule has 11 nitrogen and oxygen atoms in total. The number of benzene rings is 1. The molecule has 3 heterocycles. The monoisotopic (exact) mass is 508 g/mol. The van der Waals surface area contributed by atoms with Crippen LogP contribution in [-0.2, 0) is 16.4 Å². The minimum Gasteiger partial charge on any atom is -0.494 e. The molecule has 0 aliphatic carbocycles. The number of furan rings is 1. The number of anilines is 1. The predicted octanol–water partition coefficient (Wildman–Crippen LogP) is 3.49.